The van der Waals surface area contributed by atoms with Gasteiger partial charge in [0.05, 0.1) is 0 Å². The first-order valence-corrected chi connectivity index (χ1v) is 5.50. The molecule has 20 heavy (non-hydrogen) atoms. The molecule has 1 aliphatic carbocycles. The highest BCUT2D eigenvalue weighted by Crippen LogP contribution is 2.19. The van der Waals surface area contributed by atoms with Crippen molar-refractivity contribution in [1.29, 1.82) is 0 Å². The molecule has 0 unspecified atom stereocenters. The maximum Gasteiger partial charge on any atom is 0.338 e. The molecule has 0 heterocycles. The van der Waals surface area contributed by atoms with Crippen LogP contribution in [0.25, 0.3) is 0 Å². The van der Waals surface area contributed by atoms with Crippen molar-refractivity contribution in [2.75, 3.05) is 0 Å². The lowest BCUT2D eigenvalue weighted by Crippen LogP contribution is -2.23. The monoisotopic (exact) mass is 276 g/mol. The number of carbonyl (C=O) groups excluding carboxylic acids is 4. The number of hydrogen-bond acceptors (Lipinski definition) is 6. The summed E-state index contributed by atoms with van der Waals surface area (Å²) >= 11 is 0. The zero-order chi connectivity index (χ0) is 15.4. The average molecular weight is 276 g/mol. The van der Waals surface area contributed by atoms with Crippen LogP contribution in [0.15, 0.2) is 48.0 Å². The van der Waals surface area contributed by atoms with E-state index in [1.807, 2.05) is 0 Å². The van der Waals surface area contributed by atoms with Gasteiger partial charge < -0.3 is 9.47 Å². The summed E-state index contributed by atoms with van der Waals surface area (Å²) in [6.07, 6.45) is 1.84. The summed E-state index contributed by atoms with van der Waals surface area (Å²) in [7, 11) is 0. The van der Waals surface area contributed by atoms with E-state index in [1.165, 1.54) is 13.8 Å². The van der Waals surface area contributed by atoms with E-state index < -0.39 is 35.0 Å². The molecule has 6 nitrogen and oxygen atoms in total. The smallest absolute Gasteiger partial charge is 0.338 e. The third kappa shape index (κ3) is 3.38. The van der Waals surface area contributed by atoms with Crippen LogP contribution in [-0.4, -0.2) is 23.5 Å². The average Bonchev–Trinajstić information content (AvgIpc) is 2.37. The molecule has 0 fully saturated rings. The number of ketones is 2. The van der Waals surface area contributed by atoms with Gasteiger partial charge in [-0.3, -0.25) is 9.59 Å². The molecule has 0 radical (unpaired) electrons. The van der Waals surface area contributed by atoms with E-state index >= 15 is 0 Å². The summed E-state index contributed by atoms with van der Waals surface area (Å²) in [6, 6.07) is 0. The Labute approximate surface area is 115 Å². The zero-order valence-corrected chi connectivity index (χ0v) is 11.0. The van der Waals surface area contributed by atoms with Gasteiger partial charge in [0.2, 0.25) is 23.1 Å². The Morgan fingerprint density at radius 2 is 1.15 bits per heavy atom. The molecule has 1 rings (SSSR count). The number of esters is 2. The third-order valence-electron chi connectivity index (χ3n) is 2.13. The van der Waals surface area contributed by atoms with E-state index in [0.29, 0.717) is 0 Å². The summed E-state index contributed by atoms with van der Waals surface area (Å²) in [5.74, 6) is -4.60. The lowest BCUT2D eigenvalue weighted by atomic mass is 10.1. The predicted octanol–water partition coefficient (Wildman–Crippen LogP) is 1.14. The quantitative estimate of drug-likeness (QED) is 0.435. The van der Waals surface area contributed by atoms with Crippen LogP contribution in [0.5, 0.6) is 0 Å². The minimum Gasteiger partial charge on any atom is -0.415 e. The molecule has 0 aromatic rings. The van der Waals surface area contributed by atoms with E-state index in [2.05, 4.69) is 13.2 Å². The lowest BCUT2D eigenvalue weighted by molar-refractivity contribution is -0.142. The fourth-order valence-electron chi connectivity index (χ4n) is 1.08. The summed E-state index contributed by atoms with van der Waals surface area (Å²) in [6.45, 7) is 9.43. The molecule has 0 spiro atoms. The Morgan fingerprint density at radius 3 is 1.40 bits per heavy atom. The Bertz CT molecular complexity index is 551. The maximum atomic E-state index is 11.6. The van der Waals surface area contributed by atoms with Gasteiger partial charge in [-0.25, -0.2) is 9.59 Å². The van der Waals surface area contributed by atoms with Gasteiger partial charge in [-0.2, -0.15) is 0 Å². The van der Waals surface area contributed by atoms with Gasteiger partial charge in [0.25, 0.3) is 0 Å². The Morgan fingerprint density at radius 1 is 0.850 bits per heavy atom. The largest absolute Gasteiger partial charge is 0.415 e. The van der Waals surface area contributed by atoms with Crippen LogP contribution < -0.4 is 0 Å². The first-order valence-electron chi connectivity index (χ1n) is 5.50. The third-order valence-corrected chi connectivity index (χ3v) is 2.13. The molecule has 0 saturated carbocycles. The molecule has 0 aromatic carbocycles. The van der Waals surface area contributed by atoms with E-state index in [9.17, 15) is 19.2 Å². The minimum atomic E-state index is -0.902. The van der Waals surface area contributed by atoms with Crippen LogP contribution in [-0.2, 0) is 28.7 Å². The van der Waals surface area contributed by atoms with Gasteiger partial charge in [-0.15, -0.1) is 0 Å². The SMILES string of the molecule is C=C(C)C(=O)OC1=C(OC(=O)C(=C)C)C(=O)C=CC1=O. The molecule has 0 aliphatic heterocycles. The lowest BCUT2D eigenvalue weighted by Gasteiger charge is -2.14. The molecular weight excluding hydrogens is 264 g/mol. The highest BCUT2D eigenvalue weighted by Gasteiger charge is 2.30. The minimum absolute atomic E-state index is 0.0258. The molecule has 104 valence electrons. The van der Waals surface area contributed by atoms with Crippen molar-refractivity contribution in [2.45, 2.75) is 13.8 Å². The molecule has 0 N–H and O–H groups in total. The van der Waals surface area contributed by atoms with Crippen molar-refractivity contribution in [3.8, 4) is 0 Å². The summed E-state index contributed by atoms with van der Waals surface area (Å²) in [5.41, 5.74) is 0.0516. The van der Waals surface area contributed by atoms with Gasteiger partial charge in [0.1, 0.15) is 0 Å². The molecule has 0 bridgehead atoms. The van der Waals surface area contributed by atoms with Gasteiger partial charge in [-0.1, -0.05) is 13.2 Å². The van der Waals surface area contributed by atoms with Crippen LogP contribution >= 0.6 is 0 Å². The maximum absolute atomic E-state index is 11.6. The first kappa shape index (κ1) is 15.3. The topological polar surface area (TPSA) is 86.7 Å². The van der Waals surface area contributed by atoms with Crippen molar-refractivity contribution in [2.24, 2.45) is 0 Å². The Kier molecular flexibility index (Phi) is 4.53. The van der Waals surface area contributed by atoms with Crippen molar-refractivity contribution < 1.29 is 28.7 Å². The summed E-state index contributed by atoms with van der Waals surface area (Å²) in [4.78, 5) is 46.1. The summed E-state index contributed by atoms with van der Waals surface area (Å²) < 4.78 is 9.48. The van der Waals surface area contributed by atoms with Crippen molar-refractivity contribution in [3.05, 3.63) is 48.0 Å². The van der Waals surface area contributed by atoms with Crippen LogP contribution in [0.3, 0.4) is 0 Å². The van der Waals surface area contributed by atoms with Gasteiger partial charge >= 0.3 is 11.9 Å². The molecule has 1 aliphatic rings. The van der Waals surface area contributed by atoms with Crippen molar-refractivity contribution in [3.63, 3.8) is 0 Å². The normalized spacial score (nSPS) is 14.1. The van der Waals surface area contributed by atoms with Crippen molar-refractivity contribution in [1.82, 2.24) is 0 Å². The molecule has 0 saturated heterocycles. The van der Waals surface area contributed by atoms with Crippen LogP contribution in [0.2, 0.25) is 0 Å². The molecule has 0 atom stereocenters. The van der Waals surface area contributed by atoms with Gasteiger partial charge in [-0.05, 0) is 26.0 Å². The zero-order valence-electron chi connectivity index (χ0n) is 11.0. The van der Waals surface area contributed by atoms with Crippen LogP contribution in [0.1, 0.15) is 13.8 Å². The van der Waals surface area contributed by atoms with Gasteiger partial charge in [0, 0.05) is 11.1 Å². The fourth-order valence-corrected chi connectivity index (χ4v) is 1.08. The second-order valence-corrected chi connectivity index (χ2v) is 4.06. The predicted molar refractivity (Wildman–Crippen MR) is 68.0 cm³/mol. The number of hydrogen-bond donors (Lipinski definition) is 0. The molecule has 6 heteroatoms. The number of rotatable bonds is 4. The molecule has 0 amide bonds. The van der Waals surface area contributed by atoms with Crippen LogP contribution in [0, 0.1) is 0 Å². The highest BCUT2D eigenvalue weighted by atomic mass is 16.6. The Balaban J connectivity index is 3.17. The van der Waals surface area contributed by atoms with E-state index in [4.69, 9.17) is 9.47 Å². The van der Waals surface area contributed by atoms with Gasteiger partial charge in [0.15, 0.2) is 0 Å². The molecule has 0 aromatic heterocycles. The highest BCUT2D eigenvalue weighted by molar-refractivity contribution is 6.19. The number of allylic oxidation sites excluding steroid dienone is 2. The fraction of sp³-hybridized carbons (Fsp3) is 0.143. The van der Waals surface area contributed by atoms with Crippen molar-refractivity contribution >= 4 is 23.5 Å². The Hall–Kier alpha value is -2.76. The second-order valence-electron chi connectivity index (χ2n) is 4.06. The first-order chi connectivity index (χ1) is 9.23. The number of carbonyl (C=O) groups is 4. The molecular formula is C14H12O6. The standard InChI is InChI=1S/C14H12O6/c1-7(2)13(17)19-11-9(15)5-6-10(16)12(11)20-14(18)8(3)4/h5-6H,1,3H2,2,4H3. The van der Waals surface area contributed by atoms with Crippen LogP contribution in [0.4, 0.5) is 0 Å². The number of ether oxygens (including phenoxy) is 2. The van der Waals surface area contributed by atoms with E-state index in [1.54, 1.807) is 0 Å². The summed E-state index contributed by atoms with van der Waals surface area (Å²) in [5, 5.41) is 0. The second kappa shape index (κ2) is 5.92. The van der Waals surface area contributed by atoms with E-state index in [-0.39, 0.29) is 11.1 Å². The van der Waals surface area contributed by atoms with E-state index in [0.717, 1.165) is 12.2 Å².